The minimum absolute atomic E-state index is 0.0329. The first-order valence-electron chi connectivity index (χ1n) is 13.2. The number of hydrogen-bond donors (Lipinski definition) is 0. The molecule has 0 aromatic heterocycles. The van der Waals surface area contributed by atoms with Crippen LogP contribution >= 0.6 is 23.2 Å². The molecule has 3 rings (SSSR count). The van der Waals surface area contributed by atoms with Gasteiger partial charge < -0.3 is 18.8 Å². The number of nitrogens with zero attached hydrogens (tertiary/aromatic N) is 1. The van der Waals surface area contributed by atoms with Gasteiger partial charge in [-0.05, 0) is 55.6 Å². The molecule has 204 valence electrons. The third-order valence-electron chi connectivity index (χ3n) is 8.15. The van der Waals surface area contributed by atoms with Crippen molar-refractivity contribution in [1.82, 2.24) is 4.90 Å². The molecule has 9 heteroatoms. The van der Waals surface area contributed by atoms with Gasteiger partial charge in [0.2, 0.25) is 5.91 Å². The van der Waals surface area contributed by atoms with Gasteiger partial charge >= 0.3 is 0 Å². The highest BCUT2D eigenvalue weighted by Gasteiger charge is 2.63. The number of benzene rings is 1. The van der Waals surface area contributed by atoms with E-state index < -0.39 is 16.4 Å². The lowest BCUT2D eigenvalue weighted by molar-refractivity contribution is -0.132. The summed E-state index contributed by atoms with van der Waals surface area (Å²) < 4.78 is 18.2. The molecule has 1 saturated heterocycles. The Balaban J connectivity index is 1.67. The number of carbonyl (C=O) groups is 1. The summed E-state index contributed by atoms with van der Waals surface area (Å²) in [4.78, 5) is 15.5. The summed E-state index contributed by atoms with van der Waals surface area (Å²) in [5.74, 6) is 0.868. The van der Waals surface area contributed by atoms with Crippen molar-refractivity contribution in [2.75, 3.05) is 33.1 Å². The third kappa shape index (κ3) is 6.89. The van der Waals surface area contributed by atoms with Gasteiger partial charge in [0, 0.05) is 45.9 Å². The van der Waals surface area contributed by atoms with E-state index in [1.54, 1.807) is 6.07 Å². The molecule has 0 unspecified atom stereocenters. The first kappa shape index (κ1) is 30.0. The van der Waals surface area contributed by atoms with Gasteiger partial charge in [-0.25, -0.2) is 0 Å². The monoisotopic (exact) mass is 573 g/mol. The molecule has 2 aliphatic rings. The fraction of sp³-hybridized carbons (Fsp3) is 0.741. The van der Waals surface area contributed by atoms with E-state index in [0.717, 1.165) is 30.9 Å². The molecule has 0 radical (unpaired) electrons. The van der Waals surface area contributed by atoms with Crippen LogP contribution in [0.25, 0.3) is 0 Å². The molecule has 1 spiro atoms. The molecule has 1 atom stereocenters. The highest BCUT2D eigenvalue weighted by Crippen LogP contribution is 2.63. The molecule has 1 amide bonds. The standard InChI is InChI=1S/C27H45Cl2NO4Si2/c1-26(2,3)36(7,8)34-15-9-14-30-18-20(27(12-13-27)25(30)31)23-22(11-10-21(28)24(23)29)33-19-32-16-17-35(4,5)6/h10-11,20H,9,12-19H2,1-8H3/t20-/m0/s1. The maximum Gasteiger partial charge on any atom is 0.229 e. The predicted octanol–water partition coefficient (Wildman–Crippen LogP) is 7.80. The number of halogens is 2. The lowest BCUT2D eigenvalue weighted by Gasteiger charge is -2.36. The zero-order valence-electron chi connectivity index (χ0n) is 23.4. The van der Waals surface area contributed by atoms with Crippen LogP contribution < -0.4 is 4.74 Å². The lowest BCUT2D eigenvalue weighted by Crippen LogP contribution is -2.41. The molecular weight excluding hydrogens is 529 g/mol. The quantitative estimate of drug-likeness (QED) is 0.145. The van der Waals surface area contributed by atoms with Crippen LogP contribution in [0.4, 0.5) is 0 Å². The molecule has 1 saturated carbocycles. The Kier molecular flexibility index (Phi) is 9.38. The van der Waals surface area contributed by atoms with Gasteiger partial charge in [-0.15, -0.1) is 0 Å². The molecule has 1 aliphatic carbocycles. The van der Waals surface area contributed by atoms with E-state index in [2.05, 4.69) is 53.5 Å². The van der Waals surface area contributed by atoms with Crippen LogP contribution in [-0.2, 0) is 14.0 Å². The number of rotatable bonds is 12. The van der Waals surface area contributed by atoms with E-state index in [1.807, 2.05) is 11.0 Å². The molecule has 36 heavy (non-hydrogen) atoms. The first-order chi connectivity index (χ1) is 16.6. The summed E-state index contributed by atoms with van der Waals surface area (Å²) in [5, 5.41) is 1.16. The van der Waals surface area contributed by atoms with Crippen LogP contribution in [0.5, 0.6) is 5.75 Å². The van der Waals surface area contributed by atoms with Crippen molar-refractivity contribution >= 4 is 45.5 Å². The van der Waals surface area contributed by atoms with E-state index >= 15 is 0 Å². The molecular formula is C27H45Cl2NO4Si2. The number of ether oxygens (including phenoxy) is 2. The van der Waals surface area contributed by atoms with Crippen LogP contribution in [0.3, 0.4) is 0 Å². The second kappa shape index (κ2) is 11.3. The second-order valence-corrected chi connectivity index (χ2v) is 24.4. The van der Waals surface area contributed by atoms with E-state index in [4.69, 9.17) is 37.1 Å². The zero-order valence-corrected chi connectivity index (χ0v) is 26.9. The van der Waals surface area contributed by atoms with E-state index in [1.165, 1.54) is 0 Å². The van der Waals surface area contributed by atoms with E-state index in [0.29, 0.717) is 42.1 Å². The minimum Gasteiger partial charge on any atom is -0.467 e. The highest BCUT2D eigenvalue weighted by atomic mass is 35.5. The molecule has 1 aliphatic heterocycles. The molecule has 5 nitrogen and oxygen atoms in total. The maximum absolute atomic E-state index is 13.5. The van der Waals surface area contributed by atoms with Crippen LogP contribution in [0.1, 0.15) is 51.5 Å². The lowest BCUT2D eigenvalue weighted by atomic mass is 9.85. The fourth-order valence-electron chi connectivity index (χ4n) is 4.54. The Morgan fingerprint density at radius 2 is 1.75 bits per heavy atom. The number of hydrogen-bond acceptors (Lipinski definition) is 4. The summed E-state index contributed by atoms with van der Waals surface area (Å²) in [7, 11) is -2.96. The van der Waals surface area contributed by atoms with Crippen LogP contribution in [-0.4, -0.2) is 60.3 Å². The summed E-state index contributed by atoms with van der Waals surface area (Å²) >= 11 is 13.2. The topological polar surface area (TPSA) is 48.0 Å². The Bertz CT molecular complexity index is 939. The normalized spacial score (nSPS) is 19.9. The predicted molar refractivity (Wildman–Crippen MR) is 155 cm³/mol. The third-order valence-corrected chi connectivity index (χ3v) is 15.2. The molecule has 0 bridgehead atoms. The van der Waals surface area contributed by atoms with Crippen LogP contribution in [0, 0.1) is 5.41 Å². The first-order valence-corrected chi connectivity index (χ1v) is 20.6. The fourth-order valence-corrected chi connectivity index (χ4v) is 6.84. The summed E-state index contributed by atoms with van der Waals surface area (Å²) in [6, 6.07) is 4.71. The number of amides is 1. The van der Waals surface area contributed by atoms with E-state index in [9.17, 15) is 4.79 Å². The molecule has 2 fully saturated rings. The van der Waals surface area contributed by atoms with Crippen molar-refractivity contribution in [2.24, 2.45) is 5.41 Å². The SMILES string of the molecule is CC(C)(C)[Si](C)(C)OCCCN1C[C@@H](c2c(OCOCC[Si](C)(C)C)ccc(Cl)c2Cl)C2(CC2)C1=O. The molecule has 1 aromatic carbocycles. The molecule has 1 aromatic rings. The second-order valence-electron chi connectivity index (χ2n) is 13.2. The Morgan fingerprint density at radius 1 is 1.08 bits per heavy atom. The van der Waals surface area contributed by atoms with Crippen molar-refractivity contribution < 1.29 is 18.7 Å². The Hall–Kier alpha value is -0.576. The molecule has 1 heterocycles. The Morgan fingerprint density at radius 3 is 2.33 bits per heavy atom. The molecule has 0 N–H and O–H groups in total. The van der Waals surface area contributed by atoms with Crippen LogP contribution in [0.15, 0.2) is 12.1 Å². The van der Waals surface area contributed by atoms with Crippen molar-refractivity contribution in [3.05, 3.63) is 27.7 Å². The van der Waals surface area contributed by atoms with Crippen molar-refractivity contribution in [3.63, 3.8) is 0 Å². The van der Waals surface area contributed by atoms with E-state index in [-0.39, 0.29) is 29.1 Å². The summed E-state index contributed by atoms with van der Waals surface area (Å²) in [5.41, 5.74) is 0.467. The van der Waals surface area contributed by atoms with Gasteiger partial charge in [0.05, 0.1) is 15.5 Å². The number of carbonyl (C=O) groups excluding carboxylic acids is 1. The zero-order chi connectivity index (χ0) is 26.9. The van der Waals surface area contributed by atoms with Crippen molar-refractivity contribution in [2.45, 2.75) is 89.8 Å². The average Bonchev–Trinajstić information content (AvgIpc) is 3.51. The van der Waals surface area contributed by atoms with Crippen molar-refractivity contribution in [3.8, 4) is 5.75 Å². The highest BCUT2D eigenvalue weighted by molar-refractivity contribution is 6.76. The maximum atomic E-state index is 13.5. The van der Waals surface area contributed by atoms with Crippen molar-refractivity contribution in [1.29, 1.82) is 0 Å². The van der Waals surface area contributed by atoms with Gasteiger partial charge in [-0.1, -0.05) is 63.6 Å². The average molecular weight is 575 g/mol. The largest absolute Gasteiger partial charge is 0.467 e. The van der Waals surface area contributed by atoms with Gasteiger partial charge in [0.25, 0.3) is 0 Å². The summed E-state index contributed by atoms with van der Waals surface area (Å²) in [6.07, 6.45) is 2.59. The smallest absolute Gasteiger partial charge is 0.229 e. The van der Waals surface area contributed by atoms with Gasteiger partial charge in [-0.3, -0.25) is 4.79 Å². The minimum atomic E-state index is -1.79. The number of likely N-dealkylation sites (tertiary alicyclic amines) is 1. The summed E-state index contributed by atoms with van der Waals surface area (Å²) in [6.45, 7) is 21.1. The van der Waals surface area contributed by atoms with Crippen LogP contribution in [0.2, 0.25) is 53.9 Å². The van der Waals surface area contributed by atoms with Gasteiger partial charge in [0.1, 0.15) is 5.75 Å². The van der Waals surface area contributed by atoms with Gasteiger partial charge in [0.15, 0.2) is 15.1 Å². The van der Waals surface area contributed by atoms with Gasteiger partial charge in [-0.2, -0.15) is 0 Å². The Labute approximate surface area is 230 Å².